The van der Waals surface area contributed by atoms with Gasteiger partial charge in [-0.25, -0.2) is 9.79 Å². The van der Waals surface area contributed by atoms with Crippen LogP contribution in [-0.2, 0) is 9.53 Å². The second kappa shape index (κ2) is 7.88. The summed E-state index contributed by atoms with van der Waals surface area (Å²) in [6.07, 6.45) is 1.73. The van der Waals surface area contributed by atoms with Crippen molar-refractivity contribution in [2.75, 3.05) is 6.61 Å². The summed E-state index contributed by atoms with van der Waals surface area (Å²) in [5.41, 5.74) is 1.87. The van der Waals surface area contributed by atoms with Gasteiger partial charge in [0.1, 0.15) is 5.75 Å². The van der Waals surface area contributed by atoms with Gasteiger partial charge in [-0.1, -0.05) is 12.1 Å². The zero-order valence-electron chi connectivity index (χ0n) is 13.9. The van der Waals surface area contributed by atoms with Gasteiger partial charge in [-0.05, 0) is 66.7 Å². The van der Waals surface area contributed by atoms with Crippen LogP contribution in [-0.4, -0.2) is 28.8 Å². The summed E-state index contributed by atoms with van der Waals surface area (Å²) in [5.74, 6) is -0.441. The quantitative estimate of drug-likeness (QED) is 0.637. The molecule has 2 N–H and O–H groups in total. The standard InChI is InChI=1S/C19H16N2O4S/c1-2-25-18(24)13-5-7-14(8-6-13)20-19-21-17(23)16(26-19)11-12-3-9-15(22)10-4-12/h3-11,22H,2H2,1H3,(H,20,21,23)/b16-11-. The third-order valence-electron chi connectivity index (χ3n) is 3.45. The summed E-state index contributed by atoms with van der Waals surface area (Å²) in [4.78, 5) is 28.6. The highest BCUT2D eigenvalue weighted by Crippen LogP contribution is 2.28. The predicted octanol–water partition coefficient (Wildman–Crippen LogP) is 3.46. The molecule has 0 spiro atoms. The number of esters is 1. The topological polar surface area (TPSA) is 88.0 Å². The Morgan fingerprint density at radius 3 is 2.54 bits per heavy atom. The molecular weight excluding hydrogens is 352 g/mol. The van der Waals surface area contributed by atoms with E-state index in [4.69, 9.17) is 4.74 Å². The molecule has 7 heteroatoms. The number of amides is 1. The van der Waals surface area contributed by atoms with Crippen molar-refractivity contribution in [1.82, 2.24) is 5.32 Å². The number of hydrogen-bond acceptors (Lipinski definition) is 6. The lowest BCUT2D eigenvalue weighted by molar-refractivity contribution is -0.115. The summed E-state index contributed by atoms with van der Waals surface area (Å²) >= 11 is 1.23. The van der Waals surface area contributed by atoms with Crippen LogP contribution in [0.4, 0.5) is 5.69 Å². The Hall–Kier alpha value is -3.06. The van der Waals surface area contributed by atoms with E-state index in [0.717, 1.165) is 5.56 Å². The number of rotatable bonds is 4. The Bertz CT molecular complexity index is 887. The van der Waals surface area contributed by atoms with E-state index in [-0.39, 0.29) is 17.6 Å². The minimum atomic E-state index is -0.380. The van der Waals surface area contributed by atoms with Crippen LogP contribution in [0.1, 0.15) is 22.8 Å². The molecular formula is C19H16N2O4S. The van der Waals surface area contributed by atoms with Gasteiger partial charge in [-0.15, -0.1) is 0 Å². The Morgan fingerprint density at radius 2 is 1.88 bits per heavy atom. The fourth-order valence-electron chi connectivity index (χ4n) is 2.21. The third kappa shape index (κ3) is 4.31. The highest BCUT2D eigenvalue weighted by molar-refractivity contribution is 8.18. The van der Waals surface area contributed by atoms with Crippen molar-refractivity contribution in [3.8, 4) is 5.75 Å². The number of ether oxygens (including phenoxy) is 1. The van der Waals surface area contributed by atoms with Crippen LogP contribution in [0.3, 0.4) is 0 Å². The number of nitrogens with zero attached hydrogens (tertiary/aromatic N) is 1. The van der Waals surface area contributed by atoms with Crippen LogP contribution < -0.4 is 5.32 Å². The average molecular weight is 368 g/mol. The number of benzene rings is 2. The molecule has 0 radical (unpaired) electrons. The fraction of sp³-hybridized carbons (Fsp3) is 0.105. The van der Waals surface area contributed by atoms with E-state index < -0.39 is 0 Å². The number of thioether (sulfide) groups is 1. The molecule has 6 nitrogen and oxygen atoms in total. The Labute approximate surface area is 154 Å². The van der Waals surface area contributed by atoms with E-state index in [0.29, 0.717) is 27.9 Å². The molecule has 0 aromatic heterocycles. The second-order valence-corrected chi connectivity index (χ2v) is 6.37. The Kier molecular flexibility index (Phi) is 5.38. The van der Waals surface area contributed by atoms with Crippen molar-refractivity contribution in [2.45, 2.75) is 6.92 Å². The molecule has 1 heterocycles. The normalized spacial score (nSPS) is 16.7. The minimum Gasteiger partial charge on any atom is -0.508 e. The first-order chi connectivity index (χ1) is 12.5. The van der Waals surface area contributed by atoms with Gasteiger partial charge < -0.3 is 15.2 Å². The highest BCUT2D eigenvalue weighted by atomic mass is 32.2. The average Bonchev–Trinajstić information content (AvgIpc) is 2.97. The molecule has 1 fully saturated rings. The number of phenolic OH excluding ortho intramolecular Hbond substituents is 1. The number of hydrogen-bond donors (Lipinski definition) is 2. The SMILES string of the molecule is CCOC(=O)c1ccc(N=C2NC(=O)/C(=C/c3ccc(O)cc3)S2)cc1. The Morgan fingerprint density at radius 1 is 1.19 bits per heavy atom. The molecule has 1 aliphatic heterocycles. The van der Waals surface area contributed by atoms with Gasteiger partial charge in [0.25, 0.3) is 5.91 Å². The molecule has 1 aliphatic rings. The summed E-state index contributed by atoms with van der Waals surface area (Å²) in [7, 11) is 0. The monoisotopic (exact) mass is 368 g/mol. The zero-order chi connectivity index (χ0) is 18.5. The molecule has 0 unspecified atom stereocenters. The summed E-state index contributed by atoms with van der Waals surface area (Å²) in [6, 6.07) is 13.2. The number of phenols is 1. The Balaban J connectivity index is 1.73. The first kappa shape index (κ1) is 17.8. The highest BCUT2D eigenvalue weighted by Gasteiger charge is 2.23. The number of amidine groups is 1. The van der Waals surface area contributed by atoms with E-state index in [9.17, 15) is 14.7 Å². The molecule has 0 aliphatic carbocycles. The molecule has 1 amide bonds. The van der Waals surface area contributed by atoms with Crippen molar-refractivity contribution in [2.24, 2.45) is 4.99 Å². The van der Waals surface area contributed by atoms with Gasteiger partial charge in [0.15, 0.2) is 5.17 Å². The number of carbonyl (C=O) groups excluding carboxylic acids is 2. The second-order valence-electron chi connectivity index (χ2n) is 5.34. The smallest absolute Gasteiger partial charge is 0.338 e. The fourth-order valence-corrected chi connectivity index (χ4v) is 3.05. The van der Waals surface area contributed by atoms with E-state index in [1.807, 2.05) is 0 Å². The third-order valence-corrected chi connectivity index (χ3v) is 4.36. The van der Waals surface area contributed by atoms with Crippen molar-refractivity contribution in [3.63, 3.8) is 0 Å². The molecule has 3 rings (SSSR count). The largest absolute Gasteiger partial charge is 0.508 e. The van der Waals surface area contributed by atoms with Gasteiger partial charge in [0.2, 0.25) is 0 Å². The molecule has 2 aromatic rings. The first-order valence-electron chi connectivity index (χ1n) is 7.91. The molecule has 1 saturated heterocycles. The van der Waals surface area contributed by atoms with Crippen LogP contribution in [0.25, 0.3) is 6.08 Å². The van der Waals surface area contributed by atoms with Crippen LogP contribution in [0, 0.1) is 0 Å². The lowest BCUT2D eigenvalue weighted by Gasteiger charge is -2.02. The van der Waals surface area contributed by atoms with E-state index in [1.165, 1.54) is 11.8 Å². The maximum atomic E-state index is 12.1. The molecule has 0 saturated carbocycles. The van der Waals surface area contributed by atoms with Crippen molar-refractivity contribution in [3.05, 3.63) is 64.6 Å². The molecule has 0 atom stereocenters. The molecule has 132 valence electrons. The number of nitrogens with one attached hydrogen (secondary N) is 1. The van der Waals surface area contributed by atoms with Gasteiger partial charge in [0.05, 0.1) is 22.8 Å². The van der Waals surface area contributed by atoms with Gasteiger partial charge in [-0.2, -0.15) is 0 Å². The number of aromatic hydroxyl groups is 1. The van der Waals surface area contributed by atoms with E-state index >= 15 is 0 Å². The van der Waals surface area contributed by atoms with Gasteiger partial charge in [0, 0.05) is 0 Å². The summed E-state index contributed by atoms with van der Waals surface area (Å²) < 4.78 is 4.93. The molecule has 26 heavy (non-hydrogen) atoms. The van der Waals surface area contributed by atoms with Crippen molar-refractivity contribution >= 4 is 40.6 Å². The molecule has 2 aromatic carbocycles. The van der Waals surface area contributed by atoms with Crippen molar-refractivity contribution in [1.29, 1.82) is 0 Å². The van der Waals surface area contributed by atoms with Crippen LogP contribution in [0.15, 0.2) is 58.4 Å². The predicted molar refractivity (Wildman–Crippen MR) is 101 cm³/mol. The maximum Gasteiger partial charge on any atom is 0.338 e. The first-order valence-corrected chi connectivity index (χ1v) is 8.72. The maximum absolute atomic E-state index is 12.1. The van der Waals surface area contributed by atoms with Gasteiger partial charge in [-0.3, -0.25) is 4.79 Å². The van der Waals surface area contributed by atoms with Crippen LogP contribution >= 0.6 is 11.8 Å². The molecule has 0 bridgehead atoms. The van der Waals surface area contributed by atoms with Crippen LogP contribution in [0.2, 0.25) is 0 Å². The zero-order valence-corrected chi connectivity index (χ0v) is 14.7. The van der Waals surface area contributed by atoms with Crippen molar-refractivity contribution < 1.29 is 19.4 Å². The van der Waals surface area contributed by atoms with E-state index in [1.54, 1.807) is 61.5 Å². The lowest BCUT2D eigenvalue weighted by Crippen LogP contribution is -2.19. The lowest BCUT2D eigenvalue weighted by atomic mass is 10.2. The van der Waals surface area contributed by atoms with Gasteiger partial charge >= 0.3 is 5.97 Å². The summed E-state index contributed by atoms with van der Waals surface area (Å²) in [5, 5.41) is 12.5. The minimum absolute atomic E-state index is 0.171. The van der Waals surface area contributed by atoms with Crippen LogP contribution in [0.5, 0.6) is 5.75 Å². The number of aliphatic imine (C=N–C) groups is 1. The summed E-state index contributed by atoms with van der Waals surface area (Å²) in [6.45, 7) is 2.07. The number of carbonyl (C=O) groups is 2. The van der Waals surface area contributed by atoms with E-state index in [2.05, 4.69) is 10.3 Å².